The maximum absolute atomic E-state index is 12.2. The first-order valence-corrected chi connectivity index (χ1v) is 7.70. The van der Waals surface area contributed by atoms with E-state index in [1.807, 2.05) is 42.5 Å². The number of benzene rings is 2. The van der Waals surface area contributed by atoms with E-state index in [-0.39, 0.29) is 12.2 Å². The van der Waals surface area contributed by atoms with E-state index in [1.54, 1.807) is 12.1 Å². The average Bonchev–Trinajstić information content (AvgIpc) is 2.55. The number of hydrogen-bond donors (Lipinski definition) is 2. The molecule has 3 N–H and O–H groups in total. The van der Waals surface area contributed by atoms with Crippen molar-refractivity contribution in [3.8, 4) is 0 Å². The zero-order valence-corrected chi connectivity index (χ0v) is 12.9. The van der Waals surface area contributed by atoms with Crippen LogP contribution in [0.1, 0.15) is 24.0 Å². The fourth-order valence-corrected chi connectivity index (χ4v) is 2.50. The molecule has 1 atom stereocenters. The summed E-state index contributed by atoms with van der Waals surface area (Å²) in [7, 11) is 0. The molecule has 23 heavy (non-hydrogen) atoms. The van der Waals surface area contributed by atoms with Crippen molar-refractivity contribution in [2.24, 2.45) is 5.92 Å². The third kappa shape index (κ3) is 5.25. The molecule has 0 saturated carbocycles. The second-order valence-electron chi connectivity index (χ2n) is 5.62. The Morgan fingerprint density at radius 3 is 2.13 bits per heavy atom. The molecule has 2 aromatic rings. The van der Waals surface area contributed by atoms with E-state index in [9.17, 15) is 14.7 Å². The number of carbonyl (C=O) groups excluding carboxylic acids is 1. The van der Waals surface area contributed by atoms with Crippen LogP contribution in [-0.2, 0) is 22.4 Å². The molecule has 2 aromatic carbocycles. The fourth-order valence-electron chi connectivity index (χ4n) is 2.50. The number of hydrogen-bond acceptors (Lipinski definition) is 3. The molecular formula is C19H21NO3. The van der Waals surface area contributed by atoms with Gasteiger partial charge in [0.05, 0.1) is 0 Å². The van der Waals surface area contributed by atoms with Crippen molar-refractivity contribution in [1.29, 1.82) is 0 Å². The molecule has 1 unspecified atom stereocenters. The summed E-state index contributed by atoms with van der Waals surface area (Å²) >= 11 is 0. The summed E-state index contributed by atoms with van der Waals surface area (Å²) in [5.74, 6) is -2.20. The van der Waals surface area contributed by atoms with Crippen molar-refractivity contribution < 1.29 is 14.7 Å². The molecule has 0 aliphatic heterocycles. The van der Waals surface area contributed by atoms with Gasteiger partial charge in [0.25, 0.3) is 0 Å². The van der Waals surface area contributed by atoms with Gasteiger partial charge in [-0.05, 0) is 42.5 Å². The lowest BCUT2D eigenvalue weighted by Gasteiger charge is -2.11. The number of ketones is 1. The van der Waals surface area contributed by atoms with E-state index in [0.29, 0.717) is 24.9 Å². The maximum atomic E-state index is 12.2. The Morgan fingerprint density at radius 2 is 1.52 bits per heavy atom. The number of carboxylic acid groups (broad SMARTS) is 1. The Morgan fingerprint density at radius 1 is 0.913 bits per heavy atom. The first-order chi connectivity index (χ1) is 11.1. The van der Waals surface area contributed by atoms with Gasteiger partial charge in [0.1, 0.15) is 11.7 Å². The van der Waals surface area contributed by atoms with Gasteiger partial charge in [0.15, 0.2) is 0 Å². The topological polar surface area (TPSA) is 80.4 Å². The van der Waals surface area contributed by atoms with Crippen LogP contribution in [0.4, 0.5) is 5.69 Å². The van der Waals surface area contributed by atoms with Crippen LogP contribution in [0.25, 0.3) is 0 Å². The lowest BCUT2D eigenvalue weighted by molar-refractivity contribution is -0.146. The van der Waals surface area contributed by atoms with Gasteiger partial charge in [-0.1, -0.05) is 42.5 Å². The van der Waals surface area contributed by atoms with E-state index in [0.717, 1.165) is 11.1 Å². The summed E-state index contributed by atoms with van der Waals surface area (Å²) < 4.78 is 0. The van der Waals surface area contributed by atoms with Crippen molar-refractivity contribution in [3.05, 3.63) is 65.7 Å². The van der Waals surface area contributed by atoms with Crippen molar-refractivity contribution in [1.82, 2.24) is 0 Å². The van der Waals surface area contributed by atoms with E-state index in [4.69, 9.17) is 5.73 Å². The van der Waals surface area contributed by atoms with Gasteiger partial charge in [0.2, 0.25) is 0 Å². The zero-order chi connectivity index (χ0) is 16.7. The number of rotatable bonds is 8. The average molecular weight is 311 g/mol. The molecule has 0 radical (unpaired) electrons. The van der Waals surface area contributed by atoms with Gasteiger partial charge in [-0.25, -0.2) is 0 Å². The fraction of sp³-hybridized carbons (Fsp3) is 0.263. The quantitative estimate of drug-likeness (QED) is 0.580. The third-order valence-corrected chi connectivity index (χ3v) is 3.89. The molecule has 0 saturated heterocycles. The summed E-state index contributed by atoms with van der Waals surface area (Å²) in [5.41, 5.74) is 8.33. The second kappa shape index (κ2) is 8.13. The molecule has 0 aliphatic rings. The van der Waals surface area contributed by atoms with E-state index in [1.165, 1.54) is 0 Å². The minimum atomic E-state index is -1.04. The molecule has 0 spiro atoms. The predicted molar refractivity (Wildman–Crippen MR) is 90.1 cm³/mol. The number of aliphatic carboxylic acids is 1. The molecule has 120 valence electrons. The molecule has 0 aromatic heterocycles. The number of aryl methyl sites for hydroxylation is 2. The number of Topliss-reactive ketones (excluding diaryl/α,β-unsaturated/α-hetero) is 1. The minimum absolute atomic E-state index is 0.211. The number of carboxylic acids is 1. The Labute approximate surface area is 136 Å². The van der Waals surface area contributed by atoms with Crippen LogP contribution < -0.4 is 5.73 Å². The highest BCUT2D eigenvalue weighted by Crippen LogP contribution is 2.16. The zero-order valence-electron chi connectivity index (χ0n) is 12.9. The minimum Gasteiger partial charge on any atom is -0.481 e. The van der Waals surface area contributed by atoms with Crippen LogP contribution in [0.2, 0.25) is 0 Å². The van der Waals surface area contributed by atoms with Crippen LogP contribution in [-0.4, -0.2) is 16.9 Å². The SMILES string of the molecule is Nc1ccc(CCC(C(=O)O)C(=O)CCc2ccccc2)cc1. The summed E-state index contributed by atoms with van der Waals surface area (Å²) in [6, 6.07) is 16.9. The van der Waals surface area contributed by atoms with Crippen LogP contribution in [0, 0.1) is 5.92 Å². The van der Waals surface area contributed by atoms with E-state index < -0.39 is 11.9 Å². The number of anilines is 1. The molecule has 0 heterocycles. The van der Waals surface area contributed by atoms with E-state index >= 15 is 0 Å². The Kier molecular flexibility index (Phi) is 5.92. The second-order valence-corrected chi connectivity index (χ2v) is 5.62. The van der Waals surface area contributed by atoms with Gasteiger partial charge in [-0.2, -0.15) is 0 Å². The number of carbonyl (C=O) groups is 2. The van der Waals surface area contributed by atoms with Crippen molar-refractivity contribution in [2.45, 2.75) is 25.7 Å². The van der Waals surface area contributed by atoms with Crippen molar-refractivity contribution in [3.63, 3.8) is 0 Å². The third-order valence-electron chi connectivity index (χ3n) is 3.89. The van der Waals surface area contributed by atoms with Crippen LogP contribution in [0.15, 0.2) is 54.6 Å². The highest BCUT2D eigenvalue weighted by molar-refractivity contribution is 5.98. The molecule has 4 nitrogen and oxygen atoms in total. The molecular weight excluding hydrogens is 290 g/mol. The molecule has 0 aliphatic carbocycles. The lowest BCUT2D eigenvalue weighted by atomic mass is 9.92. The molecule has 0 bridgehead atoms. The molecule has 2 rings (SSSR count). The lowest BCUT2D eigenvalue weighted by Crippen LogP contribution is -2.24. The predicted octanol–water partition coefficient (Wildman–Crippen LogP) is 3.10. The normalized spacial score (nSPS) is 11.8. The first-order valence-electron chi connectivity index (χ1n) is 7.70. The largest absolute Gasteiger partial charge is 0.481 e. The van der Waals surface area contributed by atoms with Crippen molar-refractivity contribution in [2.75, 3.05) is 5.73 Å². The van der Waals surface area contributed by atoms with E-state index in [2.05, 4.69) is 0 Å². The highest BCUT2D eigenvalue weighted by atomic mass is 16.4. The highest BCUT2D eigenvalue weighted by Gasteiger charge is 2.25. The Balaban J connectivity index is 1.90. The molecule has 0 fully saturated rings. The van der Waals surface area contributed by atoms with Gasteiger partial charge < -0.3 is 10.8 Å². The van der Waals surface area contributed by atoms with Gasteiger partial charge in [-0.3, -0.25) is 9.59 Å². The van der Waals surface area contributed by atoms with Crippen LogP contribution in [0.5, 0.6) is 0 Å². The summed E-state index contributed by atoms with van der Waals surface area (Å²) in [5, 5.41) is 9.32. The van der Waals surface area contributed by atoms with Crippen molar-refractivity contribution >= 4 is 17.4 Å². The summed E-state index contributed by atoms with van der Waals surface area (Å²) in [4.78, 5) is 23.6. The van der Waals surface area contributed by atoms with Crippen LogP contribution in [0.3, 0.4) is 0 Å². The van der Waals surface area contributed by atoms with Gasteiger partial charge >= 0.3 is 5.97 Å². The summed E-state index contributed by atoms with van der Waals surface area (Å²) in [6.45, 7) is 0. The van der Waals surface area contributed by atoms with Crippen LogP contribution >= 0.6 is 0 Å². The maximum Gasteiger partial charge on any atom is 0.314 e. The number of nitrogens with two attached hydrogens (primary N) is 1. The summed E-state index contributed by atoms with van der Waals surface area (Å²) in [6.07, 6.45) is 1.69. The smallest absolute Gasteiger partial charge is 0.314 e. The standard InChI is InChI=1S/C19H21NO3/c20-16-10-6-15(7-11-16)8-12-17(19(22)23)18(21)13-9-14-4-2-1-3-5-14/h1-7,10-11,17H,8-9,12-13,20H2,(H,22,23). The molecule has 0 amide bonds. The molecule has 4 heteroatoms. The number of nitrogen functional groups attached to an aromatic ring is 1. The Hall–Kier alpha value is -2.62. The monoisotopic (exact) mass is 311 g/mol. The van der Waals surface area contributed by atoms with Gasteiger partial charge in [0, 0.05) is 12.1 Å². The Bertz CT molecular complexity index is 650. The van der Waals surface area contributed by atoms with Gasteiger partial charge in [-0.15, -0.1) is 0 Å². The first kappa shape index (κ1) is 16.7.